The van der Waals surface area contributed by atoms with Crippen LogP contribution in [0.25, 0.3) is 11.3 Å². The van der Waals surface area contributed by atoms with Crippen LogP contribution in [-0.2, 0) is 6.54 Å². The molecule has 27 heavy (non-hydrogen) atoms. The van der Waals surface area contributed by atoms with Crippen LogP contribution in [0, 0.1) is 12.7 Å². The van der Waals surface area contributed by atoms with E-state index in [2.05, 4.69) is 4.98 Å². The molecule has 0 N–H and O–H groups in total. The summed E-state index contributed by atoms with van der Waals surface area (Å²) in [6.45, 7) is 2.14. The summed E-state index contributed by atoms with van der Waals surface area (Å²) in [5.74, 6) is -0.351. The Morgan fingerprint density at radius 2 is 1.74 bits per heavy atom. The van der Waals surface area contributed by atoms with E-state index in [0.717, 1.165) is 24.1 Å². The molecule has 0 saturated heterocycles. The van der Waals surface area contributed by atoms with Crippen LogP contribution < -0.4 is 0 Å². The first-order valence-corrected chi connectivity index (χ1v) is 9.21. The first-order chi connectivity index (χ1) is 13.1. The van der Waals surface area contributed by atoms with E-state index < -0.39 is 0 Å². The van der Waals surface area contributed by atoms with Crippen LogP contribution in [-0.4, -0.2) is 21.8 Å². The van der Waals surface area contributed by atoms with Crippen molar-refractivity contribution in [2.75, 3.05) is 0 Å². The molecule has 1 aromatic heterocycles. The largest absolute Gasteiger partial charge is 0.331 e. The quantitative estimate of drug-likeness (QED) is 0.641. The number of pyridine rings is 1. The van der Waals surface area contributed by atoms with Crippen molar-refractivity contribution < 1.29 is 9.18 Å². The number of carbonyl (C=O) groups excluding carboxylic acids is 1. The highest BCUT2D eigenvalue weighted by atomic mass is 19.1. The van der Waals surface area contributed by atoms with Gasteiger partial charge in [0.1, 0.15) is 5.82 Å². The molecule has 136 valence electrons. The van der Waals surface area contributed by atoms with Gasteiger partial charge in [0.05, 0.1) is 17.0 Å². The second kappa shape index (κ2) is 7.31. The number of aromatic nitrogens is 1. The van der Waals surface area contributed by atoms with Crippen LogP contribution >= 0.6 is 0 Å². The Labute approximate surface area is 158 Å². The first kappa shape index (κ1) is 17.4. The van der Waals surface area contributed by atoms with Crippen molar-refractivity contribution in [1.29, 1.82) is 0 Å². The van der Waals surface area contributed by atoms with Gasteiger partial charge < -0.3 is 4.90 Å². The fourth-order valence-corrected chi connectivity index (χ4v) is 3.27. The third-order valence-electron chi connectivity index (χ3n) is 4.93. The van der Waals surface area contributed by atoms with Crippen LogP contribution in [0.4, 0.5) is 4.39 Å². The normalized spacial score (nSPS) is 13.4. The zero-order valence-corrected chi connectivity index (χ0v) is 15.2. The summed E-state index contributed by atoms with van der Waals surface area (Å²) in [5, 5.41) is 0. The Morgan fingerprint density at radius 3 is 2.41 bits per heavy atom. The smallest absolute Gasteiger partial charge is 0.256 e. The number of benzene rings is 2. The molecule has 0 atom stereocenters. The lowest BCUT2D eigenvalue weighted by Crippen LogP contribution is -2.33. The van der Waals surface area contributed by atoms with Gasteiger partial charge in [0, 0.05) is 23.7 Å². The highest BCUT2D eigenvalue weighted by molar-refractivity contribution is 5.96. The molecule has 0 radical (unpaired) electrons. The Hall–Kier alpha value is -3.01. The van der Waals surface area contributed by atoms with Crippen molar-refractivity contribution in [2.24, 2.45) is 0 Å². The summed E-state index contributed by atoms with van der Waals surface area (Å²) < 4.78 is 14.1. The van der Waals surface area contributed by atoms with Crippen LogP contribution in [0.15, 0.2) is 66.7 Å². The Morgan fingerprint density at radius 1 is 1.04 bits per heavy atom. The van der Waals surface area contributed by atoms with E-state index in [9.17, 15) is 9.18 Å². The van der Waals surface area contributed by atoms with Crippen LogP contribution in [0.3, 0.4) is 0 Å². The Bertz CT molecular complexity index is 967. The summed E-state index contributed by atoms with van der Waals surface area (Å²) in [4.78, 5) is 19.6. The molecule has 0 aliphatic heterocycles. The third-order valence-corrected chi connectivity index (χ3v) is 4.93. The second-order valence-electron chi connectivity index (χ2n) is 6.95. The fourth-order valence-electron chi connectivity index (χ4n) is 3.27. The number of nitrogens with zero attached hydrogens (tertiary/aromatic N) is 2. The van der Waals surface area contributed by atoms with E-state index in [-0.39, 0.29) is 24.3 Å². The maximum atomic E-state index is 14.1. The molecule has 1 amide bonds. The molecular weight excluding hydrogens is 339 g/mol. The van der Waals surface area contributed by atoms with Crippen LogP contribution in [0.5, 0.6) is 0 Å². The minimum Gasteiger partial charge on any atom is -0.331 e. The van der Waals surface area contributed by atoms with Crippen LogP contribution in [0.1, 0.15) is 34.5 Å². The topological polar surface area (TPSA) is 33.2 Å². The van der Waals surface area contributed by atoms with Gasteiger partial charge >= 0.3 is 0 Å². The number of carbonyl (C=O) groups is 1. The van der Waals surface area contributed by atoms with Crippen molar-refractivity contribution >= 4 is 5.91 Å². The summed E-state index contributed by atoms with van der Waals surface area (Å²) in [5.41, 5.74) is 3.68. The summed E-state index contributed by atoms with van der Waals surface area (Å²) in [7, 11) is 0. The van der Waals surface area contributed by atoms with Gasteiger partial charge in [-0.1, -0.05) is 48.5 Å². The molecule has 0 bridgehead atoms. The number of halogens is 1. The lowest BCUT2D eigenvalue weighted by molar-refractivity contribution is 0.0727. The summed E-state index contributed by atoms with van der Waals surface area (Å²) in [6.07, 6.45) is 1.93. The van der Waals surface area contributed by atoms with Gasteiger partial charge in [-0.05, 0) is 38.0 Å². The highest BCUT2D eigenvalue weighted by Gasteiger charge is 2.34. The summed E-state index contributed by atoms with van der Waals surface area (Å²) >= 11 is 0. The average Bonchev–Trinajstić information content (AvgIpc) is 3.52. The SMILES string of the molecule is Cc1nc(-c2ccccc2)ccc1C(=O)N(Cc1ccccc1F)C1CC1. The predicted molar refractivity (Wildman–Crippen MR) is 104 cm³/mol. The van der Waals surface area contributed by atoms with E-state index in [1.165, 1.54) is 6.07 Å². The standard InChI is InChI=1S/C23H21FN2O/c1-16-20(13-14-22(25-16)17-7-3-2-4-8-17)23(27)26(19-11-12-19)15-18-9-5-6-10-21(18)24/h2-10,13-14,19H,11-12,15H2,1H3. The number of amides is 1. The average molecular weight is 360 g/mol. The van der Waals surface area contributed by atoms with Crippen molar-refractivity contribution in [3.8, 4) is 11.3 Å². The van der Waals surface area contributed by atoms with Crippen molar-refractivity contribution in [3.63, 3.8) is 0 Å². The van der Waals surface area contributed by atoms with E-state index in [0.29, 0.717) is 16.8 Å². The van der Waals surface area contributed by atoms with Gasteiger partial charge in [-0.25, -0.2) is 4.39 Å². The van der Waals surface area contributed by atoms with Gasteiger partial charge in [-0.3, -0.25) is 9.78 Å². The second-order valence-corrected chi connectivity index (χ2v) is 6.95. The predicted octanol–water partition coefficient (Wildman–Crippen LogP) is 5.00. The summed E-state index contributed by atoms with van der Waals surface area (Å²) in [6, 6.07) is 20.4. The first-order valence-electron chi connectivity index (χ1n) is 9.21. The molecule has 2 aromatic carbocycles. The maximum absolute atomic E-state index is 14.1. The fraction of sp³-hybridized carbons (Fsp3) is 0.217. The van der Waals surface area contributed by atoms with Gasteiger partial charge in [-0.2, -0.15) is 0 Å². The molecule has 3 nitrogen and oxygen atoms in total. The van der Waals surface area contributed by atoms with Gasteiger partial charge in [0.2, 0.25) is 0 Å². The number of hydrogen-bond acceptors (Lipinski definition) is 2. The van der Waals surface area contributed by atoms with Gasteiger partial charge in [0.25, 0.3) is 5.91 Å². The Balaban J connectivity index is 1.61. The molecule has 1 saturated carbocycles. The third kappa shape index (κ3) is 3.75. The van der Waals surface area contributed by atoms with Crippen LogP contribution in [0.2, 0.25) is 0 Å². The minimum atomic E-state index is -0.273. The van der Waals surface area contributed by atoms with E-state index in [1.807, 2.05) is 49.4 Å². The molecule has 1 heterocycles. The molecule has 4 heteroatoms. The van der Waals surface area contributed by atoms with E-state index in [1.54, 1.807) is 23.1 Å². The van der Waals surface area contributed by atoms with E-state index >= 15 is 0 Å². The number of aryl methyl sites for hydroxylation is 1. The molecule has 0 spiro atoms. The number of hydrogen-bond donors (Lipinski definition) is 0. The molecular formula is C23H21FN2O. The van der Waals surface area contributed by atoms with Gasteiger partial charge in [0.15, 0.2) is 0 Å². The molecule has 4 rings (SSSR count). The molecule has 0 unspecified atom stereocenters. The van der Waals surface area contributed by atoms with Gasteiger partial charge in [-0.15, -0.1) is 0 Å². The molecule has 1 aliphatic rings. The highest BCUT2D eigenvalue weighted by Crippen LogP contribution is 2.31. The zero-order chi connectivity index (χ0) is 18.8. The lowest BCUT2D eigenvalue weighted by Gasteiger charge is -2.23. The minimum absolute atomic E-state index is 0.0784. The van der Waals surface area contributed by atoms with E-state index in [4.69, 9.17) is 0 Å². The zero-order valence-electron chi connectivity index (χ0n) is 15.2. The van der Waals surface area contributed by atoms with Crippen molar-refractivity contribution in [3.05, 3.63) is 89.4 Å². The molecule has 1 fully saturated rings. The molecule has 3 aromatic rings. The lowest BCUT2D eigenvalue weighted by atomic mass is 10.1. The van der Waals surface area contributed by atoms with Crippen molar-refractivity contribution in [2.45, 2.75) is 32.4 Å². The Kier molecular flexibility index (Phi) is 4.71. The molecule has 1 aliphatic carbocycles. The van der Waals surface area contributed by atoms with Crippen molar-refractivity contribution in [1.82, 2.24) is 9.88 Å². The number of rotatable bonds is 5. The monoisotopic (exact) mass is 360 g/mol. The maximum Gasteiger partial charge on any atom is 0.256 e.